The number of carbonyl (C=O) groups excluding carboxylic acids is 1. The molecule has 2 aliphatic rings. The first kappa shape index (κ1) is 28.0. The molecule has 44 heavy (non-hydrogen) atoms. The van der Waals surface area contributed by atoms with E-state index in [1.807, 2.05) is 66.7 Å². The lowest BCUT2D eigenvalue weighted by Gasteiger charge is -2.25. The Labute approximate surface area is 254 Å². The van der Waals surface area contributed by atoms with Crippen LogP contribution in [0.3, 0.4) is 0 Å². The lowest BCUT2D eigenvalue weighted by Crippen LogP contribution is -2.33. The molecule has 222 valence electrons. The van der Waals surface area contributed by atoms with E-state index in [1.54, 1.807) is 12.1 Å². The van der Waals surface area contributed by atoms with E-state index in [0.717, 1.165) is 42.6 Å². The largest absolute Gasteiger partial charge is 0.461 e. The van der Waals surface area contributed by atoms with Crippen LogP contribution in [0, 0.1) is 0 Å². The fraction of sp³-hybridized carbons (Fsp3) is 0.263. The van der Waals surface area contributed by atoms with Gasteiger partial charge < -0.3 is 17.7 Å². The summed E-state index contributed by atoms with van der Waals surface area (Å²) in [6.45, 7) is 4.22. The van der Waals surface area contributed by atoms with E-state index in [0.29, 0.717) is 74.9 Å². The summed E-state index contributed by atoms with van der Waals surface area (Å²) < 4.78 is 24.9. The number of hydrogen-bond donors (Lipinski definition) is 0. The SMILES string of the molecule is CCCCC1=c2ccc(o2)=CCc2ccc(o2)C=C2C(=O)C1c1cc3ccc(ccc4ccc(o4)c(CCCC)c2c1=O)o3. The second-order valence-electron chi connectivity index (χ2n) is 11.6. The maximum atomic E-state index is 15.0. The maximum absolute atomic E-state index is 15.0. The molecule has 5 aromatic rings. The molecule has 0 amide bonds. The molecule has 0 saturated heterocycles. The Morgan fingerprint density at radius 1 is 0.750 bits per heavy atom. The number of ketones is 1. The van der Waals surface area contributed by atoms with Crippen molar-refractivity contribution in [2.45, 2.75) is 64.7 Å². The molecule has 6 heterocycles. The molecular weight excluding hydrogens is 552 g/mol. The van der Waals surface area contributed by atoms with Crippen LogP contribution in [0.15, 0.2) is 89.2 Å². The Morgan fingerprint density at radius 2 is 1.50 bits per heavy atom. The second kappa shape index (κ2) is 11.7. The van der Waals surface area contributed by atoms with Crippen LogP contribution in [0.1, 0.15) is 80.1 Å². The van der Waals surface area contributed by atoms with E-state index in [9.17, 15) is 0 Å². The summed E-state index contributed by atoms with van der Waals surface area (Å²) in [6, 6.07) is 20.4. The fourth-order valence-corrected chi connectivity index (χ4v) is 6.28. The highest BCUT2D eigenvalue weighted by Gasteiger charge is 2.38. The Bertz CT molecular complexity index is 2180. The molecule has 6 nitrogen and oxygen atoms in total. The molecular formula is C38H34O6. The minimum atomic E-state index is -0.855. The van der Waals surface area contributed by atoms with Crippen molar-refractivity contribution in [2.75, 3.05) is 0 Å². The van der Waals surface area contributed by atoms with Gasteiger partial charge >= 0.3 is 0 Å². The summed E-state index contributed by atoms with van der Waals surface area (Å²) in [6.07, 6.45) is 8.95. The van der Waals surface area contributed by atoms with E-state index < -0.39 is 5.92 Å². The van der Waals surface area contributed by atoms with E-state index in [2.05, 4.69) is 13.8 Å². The number of carbonyl (C=O) groups is 1. The molecule has 7 rings (SSSR count). The number of aryl methyl sites for hydroxylation is 1. The van der Waals surface area contributed by atoms with Crippen LogP contribution >= 0.6 is 0 Å². The summed E-state index contributed by atoms with van der Waals surface area (Å²) >= 11 is 0. The number of allylic oxidation sites excluding steroid dienone is 1. The van der Waals surface area contributed by atoms with E-state index in [1.165, 1.54) is 0 Å². The Morgan fingerprint density at radius 3 is 2.32 bits per heavy atom. The number of unbranched alkanes of at least 4 members (excludes halogenated alkanes) is 2. The van der Waals surface area contributed by atoms with Crippen molar-refractivity contribution in [3.63, 3.8) is 0 Å². The summed E-state index contributed by atoms with van der Waals surface area (Å²) in [5, 5.41) is 0. The highest BCUT2D eigenvalue weighted by Crippen LogP contribution is 2.39. The van der Waals surface area contributed by atoms with Gasteiger partial charge in [0, 0.05) is 28.7 Å². The van der Waals surface area contributed by atoms with Crippen molar-refractivity contribution in [2.24, 2.45) is 0 Å². The van der Waals surface area contributed by atoms with Crippen LogP contribution in [0.2, 0.25) is 0 Å². The first-order valence-corrected chi connectivity index (χ1v) is 15.5. The van der Waals surface area contributed by atoms with Gasteiger partial charge in [-0.3, -0.25) is 9.59 Å². The molecule has 5 aromatic heterocycles. The van der Waals surface area contributed by atoms with Gasteiger partial charge in [-0.15, -0.1) is 0 Å². The predicted octanol–water partition coefficient (Wildman–Crippen LogP) is 7.78. The minimum Gasteiger partial charge on any atom is -0.461 e. The van der Waals surface area contributed by atoms with Gasteiger partial charge in [-0.1, -0.05) is 26.7 Å². The zero-order valence-corrected chi connectivity index (χ0v) is 25.0. The summed E-state index contributed by atoms with van der Waals surface area (Å²) in [5.41, 5.74) is 6.00. The van der Waals surface area contributed by atoms with Crippen LogP contribution in [-0.2, 0) is 17.6 Å². The molecule has 0 spiro atoms. The summed E-state index contributed by atoms with van der Waals surface area (Å²) in [5.74, 6) is 0.235. The molecule has 1 aliphatic heterocycles. The molecule has 6 heteroatoms. The standard InChI is InChI=1S/C38H34O6/c1-3-5-7-29-33-19-17-25(43-33)11-9-23-14-16-28(42-23)22-32-36-30(8-6-4-2)34-20-18-26(44-34)12-10-24-13-15-27(41-24)21-31(38(36)40)35(29)37(32)39/h9,11-22,36H,3-8,10H2,1-2H3. The Balaban J connectivity index is 1.69. The first-order valence-electron chi connectivity index (χ1n) is 15.5. The molecule has 0 aromatic carbocycles. The number of furan rings is 4. The van der Waals surface area contributed by atoms with Gasteiger partial charge in [-0.25, -0.2) is 0 Å². The lowest BCUT2D eigenvalue weighted by molar-refractivity contribution is -0.114. The smallest absolute Gasteiger partial charge is 0.191 e. The van der Waals surface area contributed by atoms with Gasteiger partial charge in [-0.05, 0) is 110 Å². The highest BCUT2D eigenvalue weighted by atomic mass is 16.3. The van der Waals surface area contributed by atoms with Crippen LogP contribution in [0.4, 0.5) is 0 Å². The van der Waals surface area contributed by atoms with Crippen molar-refractivity contribution in [1.29, 1.82) is 0 Å². The third-order valence-electron chi connectivity index (χ3n) is 8.53. The van der Waals surface area contributed by atoms with Gasteiger partial charge in [0.15, 0.2) is 11.2 Å². The van der Waals surface area contributed by atoms with Crippen molar-refractivity contribution in [3.05, 3.63) is 116 Å². The molecule has 0 N–H and O–H groups in total. The number of Topliss-reactive ketones (excluding diaryl/α,β-unsaturated/α-hetero) is 1. The summed E-state index contributed by atoms with van der Waals surface area (Å²) in [4.78, 5) is 30.1. The Kier molecular flexibility index (Phi) is 7.42. The molecule has 0 radical (unpaired) electrons. The van der Waals surface area contributed by atoms with Gasteiger partial charge in [-0.2, -0.15) is 0 Å². The zero-order valence-electron chi connectivity index (χ0n) is 25.0. The van der Waals surface area contributed by atoms with Crippen LogP contribution < -0.4 is 16.3 Å². The predicted molar refractivity (Wildman–Crippen MR) is 172 cm³/mol. The third kappa shape index (κ3) is 5.15. The maximum Gasteiger partial charge on any atom is 0.191 e. The van der Waals surface area contributed by atoms with Crippen LogP contribution in [0.5, 0.6) is 0 Å². The van der Waals surface area contributed by atoms with Crippen molar-refractivity contribution in [3.8, 4) is 0 Å². The quantitative estimate of drug-likeness (QED) is 0.202. The first-order chi connectivity index (χ1) is 21.5. The van der Waals surface area contributed by atoms with E-state index >= 15 is 9.59 Å². The molecule has 0 saturated carbocycles. The minimum absolute atomic E-state index is 0.170. The van der Waals surface area contributed by atoms with Gasteiger partial charge in [0.05, 0.1) is 5.92 Å². The lowest BCUT2D eigenvalue weighted by atomic mass is 9.75. The van der Waals surface area contributed by atoms with Crippen molar-refractivity contribution in [1.82, 2.24) is 0 Å². The number of rotatable bonds is 6. The zero-order chi connectivity index (χ0) is 30.2. The van der Waals surface area contributed by atoms with E-state index in [4.69, 9.17) is 17.7 Å². The van der Waals surface area contributed by atoms with E-state index in [-0.39, 0.29) is 11.2 Å². The average Bonchev–Trinajstić information content (AvgIpc) is 3.84. The normalized spacial score (nSPS) is 15.7. The van der Waals surface area contributed by atoms with Gasteiger partial charge in [0.2, 0.25) is 0 Å². The van der Waals surface area contributed by atoms with Crippen LogP contribution in [0.25, 0.3) is 45.6 Å². The molecule has 1 unspecified atom stereocenters. The fourth-order valence-electron chi connectivity index (χ4n) is 6.28. The number of fused-ring (bicyclic) bond motifs is 14. The van der Waals surface area contributed by atoms with Crippen LogP contribution in [-0.4, -0.2) is 5.78 Å². The van der Waals surface area contributed by atoms with Crippen molar-refractivity contribution < 1.29 is 22.5 Å². The third-order valence-corrected chi connectivity index (χ3v) is 8.53. The molecule has 12 bridgehead atoms. The molecule has 1 aliphatic carbocycles. The van der Waals surface area contributed by atoms with Crippen molar-refractivity contribution >= 4 is 51.4 Å². The average molecular weight is 587 g/mol. The molecule has 1 atom stereocenters. The van der Waals surface area contributed by atoms with Gasteiger partial charge in [0.25, 0.3) is 0 Å². The topological polar surface area (TPSA) is 86.7 Å². The van der Waals surface area contributed by atoms with Gasteiger partial charge in [0.1, 0.15) is 44.7 Å². The monoisotopic (exact) mass is 586 g/mol. The Hall–Kier alpha value is -4.84. The number of hydrogen-bond acceptors (Lipinski definition) is 6. The summed E-state index contributed by atoms with van der Waals surface area (Å²) in [7, 11) is 0. The molecule has 0 fully saturated rings. The second-order valence-corrected chi connectivity index (χ2v) is 11.6. The highest BCUT2D eigenvalue weighted by molar-refractivity contribution is 6.31.